The van der Waals surface area contributed by atoms with E-state index >= 15 is 0 Å². The minimum absolute atomic E-state index is 0.166. The molecule has 6 heteroatoms. The topological polar surface area (TPSA) is 68.0 Å². The molecule has 2 aromatic rings. The van der Waals surface area contributed by atoms with Crippen LogP contribution in [0.2, 0.25) is 5.02 Å². The van der Waals surface area contributed by atoms with E-state index in [1.807, 2.05) is 0 Å². The van der Waals surface area contributed by atoms with Crippen LogP contribution in [0.15, 0.2) is 18.3 Å². The average Bonchev–Trinajstić information content (AvgIpc) is 2.64. The Bertz CT molecular complexity index is 592. The van der Waals surface area contributed by atoms with Gasteiger partial charge >= 0.3 is 5.97 Å². The van der Waals surface area contributed by atoms with E-state index in [9.17, 15) is 4.79 Å². The largest absolute Gasteiger partial charge is 0.478 e. The summed E-state index contributed by atoms with van der Waals surface area (Å²) in [6, 6.07) is 3.40. The van der Waals surface area contributed by atoms with Gasteiger partial charge in [-0.2, -0.15) is 5.10 Å². The summed E-state index contributed by atoms with van der Waals surface area (Å²) >= 11 is 5.88. The minimum atomic E-state index is -1.00. The van der Waals surface area contributed by atoms with Crippen molar-refractivity contribution in [1.82, 2.24) is 14.8 Å². The van der Waals surface area contributed by atoms with Gasteiger partial charge in [0.1, 0.15) is 5.56 Å². The summed E-state index contributed by atoms with van der Waals surface area (Å²) in [5, 5.41) is 13.5. The maximum Gasteiger partial charge on any atom is 0.339 e. The third-order valence-corrected chi connectivity index (χ3v) is 2.86. The van der Waals surface area contributed by atoms with Gasteiger partial charge in [0.15, 0.2) is 5.82 Å². The van der Waals surface area contributed by atoms with Gasteiger partial charge in [-0.3, -0.25) is 0 Å². The third kappa shape index (κ3) is 2.01. The number of aryl methyl sites for hydroxylation is 1. The van der Waals surface area contributed by atoms with Crippen molar-refractivity contribution in [2.75, 3.05) is 0 Å². The molecule has 0 radical (unpaired) electrons. The second kappa shape index (κ2) is 4.18. The summed E-state index contributed by atoms with van der Waals surface area (Å²) in [7, 11) is 0. The summed E-state index contributed by atoms with van der Waals surface area (Å²) < 4.78 is 1.48. The van der Waals surface area contributed by atoms with E-state index in [1.165, 1.54) is 10.9 Å². The molecule has 88 valence electrons. The first kappa shape index (κ1) is 11.6. The zero-order valence-corrected chi connectivity index (χ0v) is 10.1. The smallest absolute Gasteiger partial charge is 0.339 e. The van der Waals surface area contributed by atoms with Crippen molar-refractivity contribution in [1.29, 1.82) is 0 Å². The maximum atomic E-state index is 10.9. The molecular weight excluding hydrogens is 242 g/mol. The normalized spacial score (nSPS) is 10.5. The predicted molar refractivity (Wildman–Crippen MR) is 62.8 cm³/mol. The fraction of sp³-hybridized carbons (Fsp3) is 0.182. The van der Waals surface area contributed by atoms with Gasteiger partial charge in [0, 0.05) is 0 Å². The van der Waals surface area contributed by atoms with Crippen molar-refractivity contribution in [3.8, 4) is 5.82 Å². The van der Waals surface area contributed by atoms with Crippen LogP contribution in [0.5, 0.6) is 0 Å². The number of rotatable bonds is 2. The van der Waals surface area contributed by atoms with Crippen LogP contribution in [-0.4, -0.2) is 25.8 Å². The Morgan fingerprint density at radius 3 is 2.65 bits per heavy atom. The van der Waals surface area contributed by atoms with E-state index in [0.29, 0.717) is 22.2 Å². The first-order chi connectivity index (χ1) is 8.00. The summed E-state index contributed by atoms with van der Waals surface area (Å²) in [5.41, 5.74) is 1.38. The molecule has 0 saturated heterocycles. The van der Waals surface area contributed by atoms with Gasteiger partial charge in [0.2, 0.25) is 0 Å². The van der Waals surface area contributed by atoms with Crippen molar-refractivity contribution in [2.45, 2.75) is 13.8 Å². The Morgan fingerprint density at radius 1 is 1.41 bits per heavy atom. The van der Waals surface area contributed by atoms with E-state index in [-0.39, 0.29) is 5.56 Å². The van der Waals surface area contributed by atoms with Gasteiger partial charge in [-0.25, -0.2) is 14.5 Å². The number of hydrogen-bond donors (Lipinski definition) is 1. The number of carboxylic acids is 1. The lowest BCUT2D eigenvalue weighted by atomic mass is 10.2. The number of carboxylic acid groups (broad SMARTS) is 1. The van der Waals surface area contributed by atoms with Crippen LogP contribution < -0.4 is 0 Å². The van der Waals surface area contributed by atoms with Crippen LogP contribution in [0, 0.1) is 13.8 Å². The fourth-order valence-corrected chi connectivity index (χ4v) is 1.60. The van der Waals surface area contributed by atoms with E-state index < -0.39 is 5.97 Å². The number of aromatic carboxylic acids is 1. The zero-order valence-electron chi connectivity index (χ0n) is 9.31. The number of halogens is 1. The van der Waals surface area contributed by atoms with Gasteiger partial charge in [-0.05, 0) is 26.0 Å². The van der Waals surface area contributed by atoms with Crippen LogP contribution in [-0.2, 0) is 0 Å². The van der Waals surface area contributed by atoms with Crippen molar-refractivity contribution >= 4 is 17.6 Å². The predicted octanol–water partition coefficient (Wildman–Crippen LogP) is 2.24. The summed E-state index contributed by atoms with van der Waals surface area (Å²) in [6.45, 7) is 3.46. The molecule has 0 aliphatic rings. The molecule has 0 fully saturated rings. The molecule has 5 nitrogen and oxygen atoms in total. The van der Waals surface area contributed by atoms with E-state index in [1.54, 1.807) is 26.0 Å². The number of nitrogens with zero attached hydrogens (tertiary/aromatic N) is 3. The highest BCUT2D eigenvalue weighted by atomic mass is 35.5. The molecule has 0 aromatic carbocycles. The molecule has 1 N–H and O–H groups in total. The molecule has 0 aliphatic heterocycles. The summed E-state index contributed by atoms with van der Waals surface area (Å²) in [5.74, 6) is -0.448. The van der Waals surface area contributed by atoms with Gasteiger partial charge in [0.05, 0.1) is 22.6 Å². The van der Waals surface area contributed by atoms with Crippen molar-refractivity contribution in [3.63, 3.8) is 0 Å². The van der Waals surface area contributed by atoms with Crippen LogP contribution in [0.4, 0.5) is 0 Å². The van der Waals surface area contributed by atoms with E-state index in [2.05, 4.69) is 10.1 Å². The van der Waals surface area contributed by atoms with Gasteiger partial charge in [-0.1, -0.05) is 11.6 Å². The highest BCUT2D eigenvalue weighted by Gasteiger charge is 2.14. The van der Waals surface area contributed by atoms with Crippen molar-refractivity contribution in [2.24, 2.45) is 0 Å². The number of pyridine rings is 1. The second-order valence-corrected chi connectivity index (χ2v) is 4.00. The first-order valence-electron chi connectivity index (χ1n) is 4.92. The lowest BCUT2D eigenvalue weighted by Crippen LogP contribution is -2.05. The number of aromatic nitrogens is 3. The Morgan fingerprint density at radius 2 is 2.12 bits per heavy atom. The van der Waals surface area contributed by atoms with Gasteiger partial charge in [0.25, 0.3) is 0 Å². The summed E-state index contributed by atoms with van der Waals surface area (Å²) in [4.78, 5) is 15.1. The van der Waals surface area contributed by atoms with Crippen LogP contribution >= 0.6 is 11.6 Å². The van der Waals surface area contributed by atoms with E-state index in [0.717, 1.165) is 0 Å². The molecule has 0 atom stereocenters. The van der Waals surface area contributed by atoms with E-state index in [4.69, 9.17) is 16.7 Å². The van der Waals surface area contributed by atoms with Gasteiger partial charge in [-0.15, -0.1) is 0 Å². The Balaban J connectivity index is 2.53. The molecule has 17 heavy (non-hydrogen) atoms. The zero-order chi connectivity index (χ0) is 12.6. The van der Waals surface area contributed by atoms with Crippen LogP contribution in [0.1, 0.15) is 21.7 Å². The standard InChI is InChI=1S/C11H10ClN3O2/c1-6-9(12)3-4-10(14-6)15-7(2)8(5-13-15)11(16)17/h3-5H,1-2H3,(H,16,17). The highest BCUT2D eigenvalue weighted by molar-refractivity contribution is 6.31. The quantitative estimate of drug-likeness (QED) is 0.889. The number of carbonyl (C=O) groups is 1. The molecular formula is C11H10ClN3O2. The van der Waals surface area contributed by atoms with Crippen molar-refractivity contribution < 1.29 is 9.90 Å². The van der Waals surface area contributed by atoms with Crippen LogP contribution in [0.25, 0.3) is 5.82 Å². The molecule has 0 spiro atoms. The maximum absolute atomic E-state index is 10.9. The first-order valence-corrected chi connectivity index (χ1v) is 5.30. The number of hydrogen-bond acceptors (Lipinski definition) is 3. The second-order valence-electron chi connectivity index (χ2n) is 3.60. The highest BCUT2D eigenvalue weighted by Crippen LogP contribution is 2.17. The van der Waals surface area contributed by atoms with Crippen molar-refractivity contribution in [3.05, 3.63) is 40.3 Å². The molecule has 0 bridgehead atoms. The minimum Gasteiger partial charge on any atom is -0.478 e. The Labute approximate surface area is 103 Å². The lowest BCUT2D eigenvalue weighted by Gasteiger charge is -2.05. The van der Waals surface area contributed by atoms with Crippen LogP contribution in [0.3, 0.4) is 0 Å². The molecule has 0 unspecified atom stereocenters. The molecule has 2 rings (SSSR count). The molecule has 2 heterocycles. The lowest BCUT2D eigenvalue weighted by molar-refractivity contribution is 0.0696. The van der Waals surface area contributed by atoms with Gasteiger partial charge < -0.3 is 5.11 Å². The third-order valence-electron chi connectivity index (χ3n) is 2.46. The summed E-state index contributed by atoms with van der Waals surface area (Å²) in [6.07, 6.45) is 1.31. The molecule has 0 amide bonds. The molecule has 2 aromatic heterocycles. The SMILES string of the molecule is Cc1nc(-n2ncc(C(=O)O)c2C)ccc1Cl. The average molecular weight is 252 g/mol. The Kier molecular flexibility index (Phi) is 2.85. The molecule has 0 aliphatic carbocycles. The fourth-order valence-electron chi connectivity index (χ4n) is 1.50. The molecule has 0 saturated carbocycles. The Hall–Kier alpha value is -1.88. The monoisotopic (exact) mass is 251 g/mol.